The number of thiophene rings is 1. The second-order valence-corrected chi connectivity index (χ2v) is 10.2. The summed E-state index contributed by atoms with van der Waals surface area (Å²) < 4.78 is 22.1. The van der Waals surface area contributed by atoms with Crippen molar-refractivity contribution in [1.82, 2.24) is 5.32 Å². The number of dihydropyridines is 1. The van der Waals surface area contributed by atoms with Gasteiger partial charge < -0.3 is 24.3 Å². The van der Waals surface area contributed by atoms with E-state index in [0.29, 0.717) is 47.8 Å². The van der Waals surface area contributed by atoms with Crippen LogP contribution in [0.2, 0.25) is 0 Å². The Hall–Kier alpha value is -3.10. The minimum atomic E-state index is -0.573. The summed E-state index contributed by atoms with van der Waals surface area (Å²) in [6.45, 7) is 6.15. The first-order chi connectivity index (χ1) is 17.3. The molecule has 1 aliphatic heterocycles. The molecule has 2 aliphatic rings. The van der Waals surface area contributed by atoms with Gasteiger partial charge in [-0.05, 0) is 56.3 Å². The van der Waals surface area contributed by atoms with Crippen molar-refractivity contribution in [3.63, 3.8) is 0 Å². The number of carbonyl (C=O) groups excluding carboxylic acids is 2. The molecule has 1 aromatic carbocycles. The molecule has 0 radical (unpaired) electrons. The van der Waals surface area contributed by atoms with E-state index in [2.05, 4.69) is 11.4 Å². The number of allylic oxidation sites excluding steroid dienone is 3. The minimum Gasteiger partial charge on any atom is -0.493 e. The number of ether oxygens (including phenoxy) is 4. The van der Waals surface area contributed by atoms with E-state index >= 15 is 0 Å². The Kier molecular flexibility index (Phi) is 8.16. The molecule has 36 heavy (non-hydrogen) atoms. The Labute approximate surface area is 216 Å². The van der Waals surface area contributed by atoms with Crippen molar-refractivity contribution in [2.75, 3.05) is 27.4 Å². The molecule has 1 N–H and O–H groups in total. The molecule has 0 spiro atoms. The fourth-order valence-corrected chi connectivity index (χ4v) is 5.73. The highest BCUT2D eigenvalue weighted by Crippen LogP contribution is 2.47. The summed E-state index contributed by atoms with van der Waals surface area (Å²) in [4.78, 5) is 28.2. The molecule has 7 nitrogen and oxygen atoms in total. The highest BCUT2D eigenvalue weighted by Gasteiger charge is 2.41. The Morgan fingerprint density at radius 3 is 2.56 bits per heavy atom. The molecule has 0 saturated heterocycles. The molecule has 2 heterocycles. The van der Waals surface area contributed by atoms with Crippen LogP contribution in [0.15, 0.2) is 58.3 Å². The zero-order valence-electron chi connectivity index (χ0n) is 21.4. The zero-order valence-corrected chi connectivity index (χ0v) is 22.2. The molecular weight excluding hydrogens is 478 g/mol. The van der Waals surface area contributed by atoms with Crippen molar-refractivity contribution in [2.24, 2.45) is 0 Å². The third kappa shape index (κ3) is 5.34. The van der Waals surface area contributed by atoms with Gasteiger partial charge in [-0.15, -0.1) is 11.3 Å². The third-order valence-electron chi connectivity index (χ3n) is 6.50. The van der Waals surface area contributed by atoms with Crippen LogP contribution >= 0.6 is 11.3 Å². The summed E-state index contributed by atoms with van der Waals surface area (Å²) in [7, 11) is 3.14. The van der Waals surface area contributed by atoms with Crippen LogP contribution in [-0.4, -0.2) is 45.3 Å². The number of benzene rings is 1. The van der Waals surface area contributed by atoms with E-state index < -0.39 is 11.9 Å². The number of esters is 1. The first-order valence-electron chi connectivity index (χ1n) is 12.1. The number of hydrogen-bond donors (Lipinski definition) is 1. The first kappa shape index (κ1) is 26.0. The SMILES string of the molecule is COc1ccc(C2C(C(=O)OCCOC(C)C)=C(C)NC3=C2C(=O)CC(c2cccs2)C3)cc1OC. The van der Waals surface area contributed by atoms with Crippen molar-refractivity contribution < 1.29 is 28.5 Å². The average Bonchev–Trinajstić information content (AvgIpc) is 3.40. The van der Waals surface area contributed by atoms with Gasteiger partial charge in [-0.1, -0.05) is 12.1 Å². The molecule has 0 bridgehead atoms. The van der Waals surface area contributed by atoms with E-state index in [-0.39, 0.29) is 24.4 Å². The summed E-state index contributed by atoms with van der Waals surface area (Å²) in [5.41, 5.74) is 3.36. The maximum atomic E-state index is 13.7. The van der Waals surface area contributed by atoms with E-state index in [1.165, 1.54) is 4.88 Å². The first-order valence-corrected chi connectivity index (χ1v) is 13.0. The molecule has 2 aromatic rings. The van der Waals surface area contributed by atoms with Crippen molar-refractivity contribution >= 4 is 23.1 Å². The average molecular weight is 512 g/mol. The Balaban J connectivity index is 1.73. The number of carbonyl (C=O) groups is 2. The molecule has 1 aromatic heterocycles. The predicted molar refractivity (Wildman–Crippen MR) is 138 cm³/mol. The lowest BCUT2D eigenvalue weighted by Gasteiger charge is -2.36. The van der Waals surface area contributed by atoms with Crippen molar-refractivity contribution in [3.8, 4) is 11.5 Å². The molecule has 4 rings (SSSR count). The van der Waals surface area contributed by atoms with Gasteiger partial charge in [0, 0.05) is 40.1 Å². The van der Waals surface area contributed by atoms with Crippen molar-refractivity contribution in [1.29, 1.82) is 0 Å². The quantitative estimate of drug-likeness (QED) is 0.371. The van der Waals surface area contributed by atoms with Crippen LogP contribution < -0.4 is 14.8 Å². The van der Waals surface area contributed by atoms with Gasteiger partial charge >= 0.3 is 5.97 Å². The van der Waals surface area contributed by atoms with Crippen molar-refractivity contribution in [2.45, 2.75) is 51.6 Å². The number of nitrogens with one attached hydrogen (secondary N) is 1. The molecule has 8 heteroatoms. The monoisotopic (exact) mass is 511 g/mol. The molecule has 0 saturated carbocycles. The fourth-order valence-electron chi connectivity index (χ4n) is 4.90. The second kappa shape index (κ2) is 11.3. The van der Waals surface area contributed by atoms with Crippen LogP contribution in [0.3, 0.4) is 0 Å². The molecule has 192 valence electrons. The van der Waals surface area contributed by atoms with Crippen LogP contribution in [0, 0.1) is 0 Å². The standard InChI is InChI=1S/C28H33NO6S/c1-16(2)34-10-11-35-28(31)25-17(3)29-20-13-19(24-7-6-12-36-24)14-21(30)27(20)26(25)18-8-9-22(32-4)23(15-18)33-5/h6-9,12,15-16,19,26,29H,10-11,13-14H2,1-5H3. The van der Waals surface area contributed by atoms with Gasteiger partial charge in [0.25, 0.3) is 0 Å². The fraction of sp³-hybridized carbons (Fsp3) is 0.429. The van der Waals surface area contributed by atoms with E-state index in [4.69, 9.17) is 18.9 Å². The van der Waals surface area contributed by atoms with Gasteiger partial charge in [-0.3, -0.25) is 4.79 Å². The van der Waals surface area contributed by atoms with Gasteiger partial charge in [0.1, 0.15) is 6.61 Å². The highest BCUT2D eigenvalue weighted by atomic mass is 32.1. The van der Waals surface area contributed by atoms with E-state index in [9.17, 15) is 9.59 Å². The normalized spacial score (nSPS) is 19.8. The topological polar surface area (TPSA) is 83.1 Å². The summed E-state index contributed by atoms with van der Waals surface area (Å²) in [6, 6.07) is 9.60. The van der Waals surface area contributed by atoms with Gasteiger partial charge in [0.05, 0.1) is 32.5 Å². The lowest BCUT2D eigenvalue weighted by molar-refractivity contribution is -0.141. The van der Waals surface area contributed by atoms with Gasteiger partial charge in [-0.2, -0.15) is 0 Å². The van der Waals surface area contributed by atoms with Crippen LogP contribution in [0.4, 0.5) is 0 Å². The van der Waals surface area contributed by atoms with Crippen LogP contribution in [0.25, 0.3) is 0 Å². The molecule has 1 aliphatic carbocycles. The number of rotatable bonds is 9. The second-order valence-electron chi connectivity index (χ2n) is 9.20. The largest absolute Gasteiger partial charge is 0.493 e. The maximum Gasteiger partial charge on any atom is 0.336 e. The number of Topliss-reactive ketones (excluding diaryl/α,β-unsaturated/α-hetero) is 1. The molecule has 0 fully saturated rings. The summed E-state index contributed by atoms with van der Waals surface area (Å²) >= 11 is 1.67. The maximum absolute atomic E-state index is 13.7. The van der Waals surface area contributed by atoms with Crippen LogP contribution in [0.5, 0.6) is 11.5 Å². The Morgan fingerprint density at radius 1 is 1.11 bits per heavy atom. The summed E-state index contributed by atoms with van der Waals surface area (Å²) in [5, 5.41) is 5.42. The summed E-state index contributed by atoms with van der Waals surface area (Å²) in [5.74, 6) is 0.217. The smallest absolute Gasteiger partial charge is 0.336 e. The lowest BCUT2D eigenvalue weighted by atomic mass is 9.72. The molecule has 0 amide bonds. The van der Waals surface area contributed by atoms with E-state index in [1.807, 2.05) is 44.4 Å². The highest BCUT2D eigenvalue weighted by molar-refractivity contribution is 7.10. The van der Waals surface area contributed by atoms with E-state index in [0.717, 1.165) is 11.3 Å². The molecule has 2 unspecified atom stereocenters. The number of ketones is 1. The summed E-state index contributed by atoms with van der Waals surface area (Å²) in [6.07, 6.45) is 1.14. The Morgan fingerprint density at radius 2 is 1.89 bits per heavy atom. The van der Waals surface area contributed by atoms with Crippen LogP contribution in [0.1, 0.15) is 55.9 Å². The van der Waals surface area contributed by atoms with Gasteiger partial charge in [0.15, 0.2) is 17.3 Å². The van der Waals surface area contributed by atoms with Gasteiger partial charge in [-0.25, -0.2) is 4.79 Å². The zero-order chi connectivity index (χ0) is 25.8. The Bertz CT molecular complexity index is 1180. The third-order valence-corrected chi connectivity index (χ3v) is 7.54. The molecular formula is C28H33NO6S. The molecule has 2 atom stereocenters. The van der Waals surface area contributed by atoms with Crippen LogP contribution in [-0.2, 0) is 19.1 Å². The minimum absolute atomic E-state index is 0.0304. The number of hydrogen-bond acceptors (Lipinski definition) is 8. The lowest BCUT2D eigenvalue weighted by Crippen LogP contribution is -2.36. The van der Waals surface area contributed by atoms with Crippen molar-refractivity contribution in [3.05, 3.63) is 68.7 Å². The van der Waals surface area contributed by atoms with Gasteiger partial charge in [0.2, 0.25) is 0 Å². The predicted octanol–water partition coefficient (Wildman–Crippen LogP) is 5.10. The van der Waals surface area contributed by atoms with E-state index in [1.54, 1.807) is 31.6 Å². The number of methoxy groups -OCH3 is 2.